The van der Waals surface area contributed by atoms with Crippen LogP contribution in [0.1, 0.15) is 11.6 Å². The zero-order valence-corrected chi connectivity index (χ0v) is 9.05. The lowest BCUT2D eigenvalue weighted by Gasteiger charge is -2.26. The molecule has 0 spiro atoms. The maximum atomic E-state index is 12.5. The third-order valence-corrected chi connectivity index (χ3v) is 2.46. The first-order valence-corrected chi connectivity index (χ1v) is 5.02. The maximum Gasteiger partial charge on any atom is 0.451 e. The average Bonchev–Trinajstić information content (AvgIpc) is 2.68. The number of aromatic nitrogens is 3. The molecule has 1 aromatic heterocycles. The van der Waals surface area contributed by atoms with Gasteiger partial charge in [-0.1, -0.05) is 0 Å². The molecular formula is C9H9F3N4O2. The second kappa shape index (κ2) is 4.31. The zero-order valence-electron chi connectivity index (χ0n) is 9.05. The van der Waals surface area contributed by atoms with Crippen molar-refractivity contribution in [3.8, 4) is 0 Å². The van der Waals surface area contributed by atoms with Crippen LogP contribution in [0.5, 0.6) is 0 Å². The second-order valence-corrected chi connectivity index (χ2v) is 3.71. The normalized spacial score (nSPS) is 16.1. The number of hydrogen-bond acceptors (Lipinski definition) is 4. The van der Waals surface area contributed by atoms with Crippen molar-refractivity contribution in [1.29, 1.82) is 0 Å². The molecule has 0 saturated carbocycles. The minimum Gasteiger partial charge on any atom is -0.478 e. The number of carboxylic acids is 1. The molecule has 1 aliphatic heterocycles. The second-order valence-electron chi connectivity index (χ2n) is 3.71. The van der Waals surface area contributed by atoms with Crippen LogP contribution in [0.15, 0.2) is 12.3 Å². The minimum atomic E-state index is -4.52. The summed E-state index contributed by atoms with van der Waals surface area (Å²) in [6.07, 6.45) is -2.28. The third kappa shape index (κ3) is 2.44. The highest BCUT2D eigenvalue weighted by Crippen LogP contribution is 2.29. The van der Waals surface area contributed by atoms with Gasteiger partial charge >= 0.3 is 12.1 Å². The molecule has 0 radical (unpaired) electrons. The van der Waals surface area contributed by atoms with Gasteiger partial charge in [0.05, 0.1) is 6.54 Å². The smallest absolute Gasteiger partial charge is 0.451 e. The van der Waals surface area contributed by atoms with E-state index in [-0.39, 0.29) is 25.5 Å². The van der Waals surface area contributed by atoms with Crippen LogP contribution in [0.2, 0.25) is 0 Å². The van der Waals surface area contributed by atoms with Crippen LogP contribution in [0.4, 0.5) is 13.2 Å². The summed E-state index contributed by atoms with van der Waals surface area (Å²) < 4.78 is 38.6. The SMILES string of the molecule is O=C(O)C=CN1CCn2c(nnc2C(F)(F)F)C1. The highest BCUT2D eigenvalue weighted by atomic mass is 19.4. The van der Waals surface area contributed by atoms with Crippen molar-refractivity contribution in [3.05, 3.63) is 23.9 Å². The van der Waals surface area contributed by atoms with Crippen molar-refractivity contribution >= 4 is 5.97 Å². The topological polar surface area (TPSA) is 71.2 Å². The molecule has 9 heteroatoms. The van der Waals surface area contributed by atoms with Crippen LogP contribution >= 0.6 is 0 Å². The van der Waals surface area contributed by atoms with Crippen molar-refractivity contribution in [2.45, 2.75) is 19.3 Å². The summed E-state index contributed by atoms with van der Waals surface area (Å²) in [6.45, 7) is 0.450. The summed E-state index contributed by atoms with van der Waals surface area (Å²) in [5.41, 5.74) is 0. The van der Waals surface area contributed by atoms with E-state index in [0.29, 0.717) is 0 Å². The van der Waals surface area contributed by atoms with Gasteiger partial charge in [-0.25, -0.2) is 4.79 Å². The fourth-order valence-electron chi connectivity index (χ4n) is 1.68. The molecule has 0 fully saturated rings. The Kier molecular flexibility index (Phi) is 2.97. The quantitative estimate of drug-likeness (QED) is 0.795. The molecule has 0 aromatic carbocycles. The van der Waals surface area contributed by atoms with E-state index in [9.17, 15) is 18.0 Å². The molecular weight excluding hydrogens is 253 g/mol. The molecule has 2 heterocycles. The number of carbonyl (C=O) groups is 1. The lowest BCUT2D eigenvalue weighted by Crippen LogP contribution is -2.32. The van der Waals surface area contributed by atoms with E-state index in [1.54, 1.807) is 4.90 Å². The third-order valence-electron chi connectivity index (χ3n) is 2.46. The first-order valence-electron chi connectivity index (χ1n) is 5.02. The number of hydrogen-bond donors (Lipinski definition) is 1. The highest BCUT2D eigenvalue weighted by Gasteiger charge is 2.39. The van der Waals surface area contributed by atoms with Gasteiger partial charge in [-0.2, -0.15) is 13.2 Å². The monoisotopic (exact) mass is 262 g/mol. The van der Waals surface area contributed by atoms with E-state index in [1.807, 2.05) is 0 Å². The Labute approximate surface area is 99.3 Å². The average molecular weight is 262 g/mol. The van der Waals surface area contributed by atoms with Crippen molar-refractivity contribution in [1.82, 2.24) is 19.7 Å². The fraction of sp³-hybridized carbons (Fsp3) is 0.444. The van der Waals surface area contributed by atoms with Crippen LogP contribution in [-0.4, -0.2) is 37.3 Å². The van der Waals surface area contributed by atoms with Gasteiger partial charge < -0.3 is 14.6 Å². The van der Waals surface area contributed by atoms with E-state index in [4.69, 9.17) is 5.11 Å². The summed E-state index contributed by atoms with van der Waals surface area (Å²) >= 11 is 0. The first kappa shape index (κ1) is 12.4. The summed E-state index contributed by atoms with van der Waals surface area (Å²) in [4.78, 5) is 11.9. The molecule has 2 rings (SSSR count). The van der Waals surface area contributed by atoms with E-state index >= 15 is 0 Å². The van der Waals surface area contributed by atoms with Gasteiger partial charge in [0.25, 0.3) is 0 Å². The van der Waals surface area contributed by atoms with Crippen LogP contribution in [0, 0.1) is 0 Å². The Morgan fingerprint density at radius 1 is 1.33 bits per heavy atom. The van der Waals surface area contributed by atoms with E-state index in [2.05, 4.69) is 10.2 Å². The first-order chi connectivity index (χ1) is 8.38. The Hall–Kier alpha value is -2.06. The Morgan fingerprint density at radius 3 is 2.67 bits per heavy atom. The van der Waals surface area contributed by atoms with E-state index in [1.165, 1.54) is 6.20 Å². The van der Waals surface area contributed by atoms with Gasteiger partial charge in [-0.15, -0.1) is 10.2 Å². The van der Waals surface area contributed by atoms with Gasteiger partial charge in [0.1, 0.15) is 0 Å². The zero-order chi connectivity index (χ0) is 13.3. The maximum absolute atomic E-state index is 12.5. The number of halogens is 3. The molecule has 1 aromatic rings. The number of carboxylic acid groups (broad SMARTS) is 1. The molecule has 0 amide bonds. The lowest BCUT2D eigenvalue weighted by atomic mass is 10.3. The van der Waals surface area contributed by atoms with Crippen LogP contribution < -0.4 is 0 Å². The van der Waals surface area contributed by atoms with Gasteiger partial charge in [0.2, 0.25) is 5.82 Å². The van der Waals surface area contributed by atoms with E-state index in [0.717, 1.165) is 10.6 Å². The highest BCUT2D eigenvalue weighted by molar-refractivity contribution is 5.79. The Bertz CT molecular complexity index is 494. The summed E-state index contributed by atoms with van der Waals surface area (Å²) in [7, 11) is 0. The van der Waals surface area contributed by atoms with Gasteiger partial charge in [0.15, 0.2) is 5.82 Å². The van der Waals surface area contributed by atoms with Crippen LogP contribution in [-0.2, 0) is 24.1 Å². The molecule has 1 N–H and O–H groups in total. The molecule has 18 heavy (non-hydrogen) atoms. The van der Waals surface area contributed by atoms with Crippen molar-refractivity contribution in [2.75, 3.05) is 6.54 Å². The van der Waals surface area contributed by atoms with Gasteiger partial charge in [0, 0.05) is 25.4 Å². The predicted octanol–water partition coefficient (Wildman–Crippen LogP) is 0.711. The number of aliphatic carboxylic acids is 1. The number of rotatable bonds is 2. The summed E-state index contributed by atoms with van der Waals surface area (Å²) in [5, 5.41) is 15.0. The van der Waals surface area contributed by atoms with E-state index < -0.39 is 18.0 Å². The number of alkyl halides is 3. The lowest BCUT2D eigenvalue weighted by molar-refractivity contribution is -0.147. The Balaban J connectivity index is 2.17. The standard InChI is InChI=1S/C9H9F3N4O2/c10-9(11,12)8-14-13-6-5-15(2-1-7(17)18)3-4-16(6)8/h1-2H,3-5H2,(H,17,18). The molecule has 0 saturated heterocycles. The molecule has 1 aliphatic rings. The molecule has 0 aliphatic carbocycles. The van der Waals surface area contributed by atoms with Crippen molar-refractivity contribution in [2.24, 2.45) is 0 Å². The minimum absolute atomic E-state index is 0.0706. The summed E-state index contributed by atoms with van der Waals surface area (Å²) in [6, 6.07) is 0. The van der Waals surface area contributed by atoms with Gasteiger partial charge in [-0.05, 0) is 0 Å². The molecule has 98 valence electrons. The van der Waals surface area contributed by atoms with Crippen LogP contribution in [0.25, 0.3) is 0 Å². The van der Waals surface area contributed by atoms with Crippen molar-refractivity contribution in [3.63, 3.8) is 0 Å². The molecule has 0 bridgehead atoms. The summed E-state index contributed by atoms with van der Waals surface area (Å²) in [5.74, 6) is -1.96. The van der Waals surface area contributed by atoms with Crippen molar-refractivity contribution < 1.29 is 23.1 Å². The predicted molar refractivity (Wildman–Crippen MR) is 52.2 cm³/mol. The molecule has 6 nitrogen and oxygen atoms in total. The fourth-order valence-corrected chi connectivity index (χ4v) is 1.68. The Morgan fingerprint density at radius 2 is 2.06 bits per heavy atom. The largest absolute Gasteiger partial charge is 0.478 e. The molecule has 0 atom stereocenters. The van der Waals surface area contributed by atoms with Gasteiger partial charge in [-0.3, -0.25) is 0 Å². The number of fused-ring (bicyclic) bond motifs is 1. The van der Waals surface area contributed by atoms with Crippen LogP contribution in [0.3, 0.4) is 0 Å². The number of nitrogens with zero attached hydrogens (tertiary/aromatic N) is 4. The molecule has 0 unspecified atom stereocenters.